The zero-order valence-corrected chi connectivity index (χ0v) is 16.7. The maximum absolute atomic E-state index is 12.9. The molecule has 0 saturated carbocycles. The van der Waals surface area contributed by atoms with Crippen LogP contribution < -0.4 is 10.1 Å². The van der Waals surface area contributed by atoms with Crippen molar-refractivity contribution in [3.8, 4) is 28.9 Å². The van der Waals surface area contributed by atoms with Crippen molar-refractivity contribution in [3.05, 3.63) is 66.4 Å². The number of hydrogen-bond donors (Lipinski definition) is 2. The molecular weight excluding hydrogens is 394 g/mol. The summed E-state index contributed by atoms with van der Waals surface area (Å²) in [4.78, 5) is 14.5. The quantitative estimate of drug-likeness (QED) is 0.621. The second-order valence-electron chi connectivity index (χ2n) is 7.75. The van der Waals surface area contributed by atoms with Crippen LogP contribution in [0.4, 0.5) is 0 Å². The van der Waals surface area contributed by atoms with Gasteiger partial charge in [-0.05, 0) is 30.3 Å². The molecular formula is C23H21N5O3. The Morgan fingerprint density at radius 1 is 1.26 bits per heavy atom. The van der Waals surface area contributed by atoms with Crippen LogP contribution in [0.25, 0.3) is 11.3 Å². The molecule has 2 aliphatic rings. The molecule has 1 aromatic heterocycles. The van der Waals surface area contributed by atoms with Crippen molar-refractivity contribution in [2.75, 3.05) is 19.7 Å². The Hall–Kier alpha value is -3.83. The van der Waals surface area contributed by atoms with Gasteiger partial charge in [0.2, 0.25) is 0 Å². The summed E-state index contributed by atoms with van der Waals surface area (Å²) in [6.07, 6.45) is 2.98. The Balaban J connectivity index is 1.34. The van der Waals surface area contributed by atoms with E-state index in [9.17, 15) is 10.1 Å². The molecule has 0 bridgehead atoms. The van der Waals surface area contributed by atoms with Crippen molar-refractivity contribution in [2.24, 2.45) is 0 Å². The lowest BCUT2D eigenvalue weighted by Crippen LogP contribution is -2.59. The highest BCUT2D eigenvalue weighted by Crippen LogP contribution is 2.36. The molecule has 3 aromatic rings. The van der Waals surface area contributed by atoms with Crippen LogP contribution in [-0.4, -0.2) is 52.3 Å². The summed E-state index contributed by atoms with van der Waals surface area (Å²) in [6, 6.07) is 18.5. The topological polar surface area (TPSA) is 103 Å². The van der Waals surface area contributed by atoms with E-state index in [-0.39, 0.29) is 11.9 Å². The number of ether oxygens (including phenoxy) is 2. The normalized spacial score (nSPS) is 22.0. The van der Waals surface area contributed by atoms with E-state index >= 15 is 0 Å². The first-order valence-corrected chi connectivity index (χ1v) is 10.1. The second kappa shape index (κ2) is 7.78. The van der Waals surface area contributed by atoms with Crippen LogP contribution in [0.15, 0.2) is 60.7 Å². The number of nitriles is 1. The predicted octanol–water partition coefficient (Wildman–Crippen LogP) is 2.92. The monoisotopic (exact) mass is 415 g/mol. The third kappa shape index (κ3) is 3.60. The van der Waals surface area contributed by atoms with Gasteiger partial charge in [0.15, 0.2) is 6.19 Å². The minimum Gasteiger partial charge on any atom is -0.457 e. The van der Waals surface area contributed by atoms with Crippen molar-refractivity contribution in [3.63, 3.8) is 0 Å². The number of amides is 1. The van der Waals surface area contributed by atoms with E-state index in [1.54, 1.807) is 11.0 Å². The summed E-state index contributed by atoms with van der Waals surface area (Å²) in [5, 5.41) is 19.4. The van der Waals surface area contributed by atoms with Crippen LogP contribution in [0.3, 0.4) is 0 Å². The number of nitrogens with one attached hydrogen (secondary N) is 2. The number of aromatic amines is 1. The van der Waals surface area contributed by atoms with E-state index in [2.05, 4.69) is 21.7 Å². The fourth-order valence-corrected chi connectivity index (χ4v) is 4.10. The van der Waals surface area contributed by atoms with E-state index in [4.69, 9.17) is 9.47 Å². The van der Waals surface area contributed by atoms with Crippen molar-refractivity contribution in [2.45, 2.75) is 18.1 Å². The SMILES string of the molecule is N#CN1CC(NC(=O)c2cc(-c3ccccc3Oc3ccccc3)n[nH]2)C2(CCO2)C1. The van der Waals surface area contributed by atoms with Gasteiger partial charge in [-0.25, -0.2) is 0 Å². The zero-order valence-electron chi connectivity index (χ0n) is 16.7. The lowest BCUT2D eigenvalue weighted by atomic mass is 9.89. The molecule has 156 valence electrons. The van der Waals surface area contributed by atoms with Gasteiger partial charge in [-0.1, -0.05) is 30.3 Å². The molecule has 2 aliphatic heterocycles. The first kappa shape index (κ1) is 19.2. The number of para-hydroxylation sites is 2. The first-order valence-electron chi connectivity index (χ1n) is 10.1. The summed E-state index contributed by atoms with van der Waals surface area (Å²) in [5.74, 6) is 1.09. The predicted molar refractivity (Wildman–Crippen MR) is 112 cm³/mol. The molecule has 2 fully saturated rings. The summed E-state index contributed by atoms with van der Waals surface area (Å²) in [6.45, 7) is 1.60. The first-order chi connectivity index (χ1) is 15.2. The van der Waals surface area contributed by atoms with Crippen molar-refractivity contribution in [1.29, 1.82) is 5.26 Å². The Morgan fingerprint density at radius 3 is 2.77 bits per heavy atom. The molecule has 8 nitrogen and oxygen atoms in total. The molecule has 2 atom stereocenters. The fourth-order valence-electron chi connectivity index (χ4n) is 4.10. The zero-order chi connectivity index (χ0) is 21.3. The number of benzene rings is 2. The van der Waals surface area contributed by atoms with Crippen molar-refractivity contribution < 1.29 is 14.3 Å². The molecule has 0 radical (unpaired) electrons. The largest absolute Gasteiger partial charge is 0.457 e. The molecule has 2 aromatic carbocycles. The van der Waals surface area contributed by atoms with Crippen LogP contribution in [0.1, 0.15) is 16.9 Å². The van der Waals surface area contributed by atoms with Crippen LogP contribution in [0.5, 0.6) is 11.5 Å². The molecule has 1 spiro atoms. The van der Waals surface area contributed by atoms with Crippen LogP contribution in [0.2, 0.25) is 0 Å². The van der Waals surface area contributed by atoms with Gasteiger partial charge in [-0.3, -0.25) is 9.89 Å². The van der Waals surface area contributed by atoms with Crippen molar-refractivity contribution in [1.82, 2.24) is 20.4 Å². The molecule has 5 rings (SSSR count). The van der Waals surface area contributed by atoms with E-state index in [1.165, 1.54) is 0 Å². The van der Waals surface area contributed by atoms with E-state index in [0.29, 0.717) is 36.8 Å². The molecule has 8 heteroatoms. The van der Waals surface area contributed by atoms with Crippen LogP contribution >= 0.6 is 0 Å². The lowest BCUT2D eigenvalue weighted by Gasteiger charge is -2.42. The number of hydrogen-bond acceptors (Lipinski definition) is 6. The Kier molecular flexibility index (Phi) is 4.81. The van der Waals surface area contributed by atoms with Gasteiger partial charge in [0, 0.05) is 12.0 Å². The van der Waals surface area contributed by atoms with Gasteiger partial charge in [0.05, 0.1) is 31.4 Å². The maximum Gasteiger partial charge on any atom is 0.269 e. The molecule has 0 aliphatic carbocycles. The Labute approximate surface area is 179 Å². The Bertz CT molecular complexity index is 1130. The summed E-state index contributed by atoms with van der Waals surface area (Å²) < 4.78 is 11.8. The average Bonchev–Trinajstić information content (AvgIpc) is 3.40. The van der Waals surface area contributed by atoms with E-state index in [1.807, 2.05) is 54.6 Å². The van der Waals surface area contributed by atoms with Gasteiger partial charge in [-0.2, -0.15) is 10.4 Å². The van der Waals surface area contributed by atoms with Crippen LogP contribution in [-0.2, 0) is 4.74 Å². The smallest absolute Gasteiger partial charge is 0.269 e. The second-order valence-corrected chi connectivity index (χ2v) is 7.75. The van der Waals surface area contributed by atoms with Gasteiger partial charge in [0.1, 0.15) is 22.8 Å². The summed E-state index contributed by atoms with van der Waals surface area (Å²) in [7, 11) is 0. The van der Waals surface area contributed by atoms with Gasteiger partial charge >= 0.3 is 0 Å². The third-order valence-corrected chi connectivity index (χ3v) is 5.81. The maximum atomic E-state index is 12.9. The standard InChI is InChI=1S/C23H21N5O3/c24-15-28-13-21(23(14-28)10-11-30-23)25-22(29)19-12-18(26-27-19)17-8-4-5-9-20(17)31-16-6-2-1-3-7-16/h1-9,12,21H,10-11,13-14H2,(H,25,29)(H,26,27). The molecule has 2 saturated heterocycles. The Morgan fingerprint density at radius 2 is 2.03 bits per heavy atom. The third-order valence-electron chi connectivity index (χ3n) is 5.81. The fraction of sp³-hybridized carbons (Fsp3) is 0.261. The number of carbonyl (C=O) groups excluding carboxylic acids is 1. The average molecular weight is 415 g/mol. The number of H-pyrrole nitrogens is 1. The molecule has 31 heavy (non-hydrogen) atoms. The molecule has 3 heterocycles. The van der Waals surface area contributed by atoms with E-state index < -0.39 is 5.60 Å². The van der Waals surface area contributed by atoms with Gasteiger partial charge < -0.3 is 19.7 Å². The molecule has 2 N–H and O–H groups in total. The molecule has 2 unspecified atom stereocenters. The van der Waals surface area contributed by atoms with Gasteiger partial charge in [0.25, 0.3) is 5.91 Å². The number of likely N-dealkylation sites (tertiary alicyclic amines) is 1. The summed E-state index contributed by atoms with van der Waals surface area (Å²) >= 11 is 0. The minimum atomic E-state index is -0.468. The highest BCUT2D eigenvalue weighted by atomic mass is 16.5. The number of rotatable bonds is 5. The van der Waals surface area contributed by atoms with Crippen molar-refractivity contribution >= 4 is 5.91 Å². The summed E-state index contributed by atoms with van der Waals surface area (Å²) in [5.41, 5.74) is 1.26. The highest BCUT2D eigenvalue weighted by Gasteiger charge is 2.53. The minimum absolute atomic E-state index is 0.242. The van der Waals surface area contributed by atoms with E-state index in [0.717, 1.165) is 17.7 Å². The number of carbonyl (C=O) groups is 1. The van der Waals surface area contributed by atoms with Gasteiger partial charge in [-0.15, -0.1) is 0 Å². The number of nitrogens with zero attached hydrogens (tertiary/aromatic N) is 3. The molecule has 1 amide bonds. The van der Waals surface area contributed by atoms with Crippen LogP contribution in [0, 0.1) is 11.5 Å². The lowest BCUT2D eigenvalue weighted by molar-refractivity contribution is -0.147. The highest BCUT2D eigenvalue weighted by molar-refractivity contribution is 5.94. The number of aromatic nitrogens is 2.